The minimum absolute atomic E-state index is 0.418. The highest BCUT2D eigenvalue weighted by molar-refractivity contribution is 5.31. The van der Waals surface area contributed by atoms with Gasteiger partial charge in [0, 0.05) is 18.0 Å². The Morgan fingerprint density at radius 2 is 2.06 bits per heavy atom. The summed E-state index contributed by atoms with van der Waals surface area (Å²) in [5.41, 5.74) is 1.97. The Hall–Kier alpha value is -0.860. The van der Waals surface area contributed by atoms with Crippen molar-refractivity contribution >= 4 is 0 Å². The topological polar surface area (TPSA) is 15.3 Å². The molecular formula is C14H20N2. The molecule has 0 aromatic heterocycles. The van der Waals surface area contributed by atoms with E-state index in [1.54, 1.807) is 5.56 Å². The number of likely N-dealkylation sites (N-methyl/N-ethyl adjacent to an activating group) is 1. The van der Waals surface area contributed by atoms with E-state index in [0.29, 0.717) is 11.5 Å². The van der Waals surface area contributed by atoms with Gasteiger partial charge in [-0.15, -0.1) is 0 Å². The molecule has 0 radical (unpaired) electrons. The van der Waals surface area contributed by atoms with Gasteiger partial charge in [-0.25, -0.2) is 0 Å². The Bertz CT molecular complexity index is 358. The minimum Gasteiger partial charge on any atom is -0.315 e. The van der Waals surface area contributed by atoms with Crippen molar-refractivity contribution in [2.75, 3.05) is 26.7 Å². The molecule has 0 spiro atoms. The van der Waals surface area contributed by atoms with E-state index in [4.69, 9.17) is 0 Å². The largest absolute Gasteiger partial charge is 0.315 e. The molecule has 1 aromatic rings. The van der Waals surface area contributed by atoms with E-state index in [0.717, 1.165) is 6.54 Å². The quantitative estimate of drug-likeness (QED) is 0.767. The van der Waals surface area contributed by atoms with E-state index < -0.39 is 0 Å². The van der Waals surface area contributed by atoms with Crippen molar-refractivity contribution in [2.24, 2.45) is 0 Å². The van der Waals surface area contributed by atoms with Crippen LogP contribution in [0.15, 0.2) is 30.3 Å². The van der Waals surface area contributed by atoms with Crippen LogP contribution in [0.2, 0.25) is 0 Å². The molecule has 2 atom stereocenters. The number of hydrogen-bond donors (Lipinski definition) is 1. The number of fused-ring (bicyclic) bond motifs is 1. The van der Waals surface area contributed by atoms with Gasteiger partial charge in [0.1, 0.15) is 0 Å². The minimum atomic E-state index is 0.418. The average Bonchev–Trinajstić information content (AvgIpc) is 2.70. The summed E-state index contributed by atoms with van der Waals surface area (Å²) >= 11 is 0. The van der Waals surface area contributed by atoms with Crippen LogP contribution in [-0.4, -0.2) is 37.6 Å². The number of rotatable bonds is 1. The van der Waals surface area contributed by atoms with Gasteiger partial charge in [-0.3, -0.25) is 0 Å². The molecule has 3 rings (SSSR count). The van der Waals surface area contributed by atoms with E-state index in [1.807, 2.05) is 0 Å². The van der Waals surface area contributed by atoms with Gasteiger partial charge in [-0.1, -0.05) is 30.3 Å². The summed E-state index contributed by atoms with van der Waals surface area (Å²) in [4.78, 5) is 2.53. The molecule has 1 N–H and O–H groups in total. The molecule has 2 nitrogen and oxygen atoms in total. The maximum Gasteiger partial charge on any atom is 0.0315 e. The van der Waals surface area contributed by atoms with Crippen molar-refractivity contribution in [3.05, 3.63) is 35.9 Å². The van der Waals surface area contributed by atoms with Crippen molar-refractivity contribution in [1.29, 1.82) is 0 Å². The molecule has 86 valence electrons. The summed E-state index contributed by atoms with van der Waals surface area (Å²) in [6.45, 7) is 3.55. The van der Waals surface area contributed by atoms with Crippen molar-refractivity contribution in [1.82, 2.24) is 10.2 Å². The van der Waals surface area contributed by atoms with Gasteiger partial charge < -0.3 is 10.2 Å². The number of benzene rings is 1. The van der Waals surface area contributed by atoms with Crippen LogP contribution in [0, 0.1) is 0 Å². The van der Waals surface area contributed by atoms with E-state index in [-0.39, 0.29) is 0 Å². The van der Waals surface area contributed by atoms with Crippen molar-refractivity contribution in [2.45, 2.75) is 24.3 Å². The van der Waals surface area contributed by atoms with Gasteiger partial charge in [-0.05, 0) is 38.5 Å². The molecule has 0 bridgehead atoms. The molecule has 2 fully saturated rings. The van der Waals surface area contributed by atoms with Crippen LogP contribution in [0.3, 0.4) is 0 Å². The molecule has 2 heteroatoms. The van der Waals surface area contributed by atoms with Gasteiger partial charge >= 0.3 is 0 Å². The third-order valence-electron chi connectivity index (χ3n) is 4.51. The molecule has 0 aliphatic carbocycles. The molecule has 2 heterocycles. The summed E-state index contributed by atoms with van der Waals surface area (Å²) < 4.78 is 0. The summed E-state index contributed by atoms with van der Waals surface area (Å²) in [7, 11) is 2.27. The lowest BCUT2D eigenvalue weighted by atomic mass is 9.70. The first kappa shape index (κ1) is 10.3. The van der Waals surface area contributed by atoms with Crippen LogP contribution in [-0.2, 0) is 5.41 Å². The van der Waals surface area contributed by atoms with Crippen LogP contribution in [0.4, 0.5) is 0 Å². The molecule has 16 heavy (non-hydrogen) atoms. The molecule has 0 amide bonds. The summed E-state index contributed by atoms with van der Waals surface area (Å²) in [5.74, 6) is 0. The van der Waals surface area contributed by atoms with Crippen molar-refractivity contribution in [3.63, 3.8) is 0 Å². The van der Waals surface area contributed by atoms with Crippen LogP contribution in [0.1, 0.15) is 18.4 Å². The monoisotopic (exact) mass is 216 g/mol. The van der Waals surface area contributed by atoms with E-state index in [2.05, 4.69) is 47.6 Å². The first-order valence-electron chi connectivity index (χ1n) is 6.29. The van der Waals surface area contributed by atoms with E-state index >= 15 is 0 Å². The normalized spacial score (nSPS) is 34.9. The third-order valence-corrected chi connectivity index (χ3v) is 4.51. The molecule has 0 unspecified atom stereocenters. The Kier molecular flexibility index (Phi) is 2.49. The number of piperidine rings is 1. The van der Waals surface area contributed by atoms with Gasteiger partial charge in [0.05, 0.1) is 0 Å². The highest BCUT2D eigenvalue weighted by Crippen LogP contribution is 2.43. The SMILES string of the molecule is CN1CC[C@@]2(c3ccccc3)CCNC[C@H]12. The summed E-state index contributed by atoms with van der Waals surface area (Å²) in [6.07, 6.45) is 2.60. The smallest absolute Gasteiger partial charge is 0.0315 e. The van der Waals surface area contributed by atoms with Crippen LogP contribution in [0.25, 0.3) is 0 Å². The fraction of sp³-hybridized carbons (Fsp3) is 0.571. The van der Waals surface area contributed by atoms with Gasteiger partial charge in [0.15, 0.2) is 0 Å². The standard InChI is InChI=1S/C14H20N2/c1-16-10-8-14(7-9-15-11-13(14)16)12-5-3-2-4-6-12/h2-6,13,15H,7-11H2,1H3/t13-,14+/m0/s1. The highest BCUT2D eigenvalue weighted by Gasteiger charge is 2.47. The molecular weight excluding hydrogens is 196 g/mol. The maximum atomic E-state index is 3.54. The first-order valence-corrected chi connectivity index (χ1v) is 6.29. The number of likely N-dealkylation sites (tertiary alicyclic amines) is 1. The molecule has 2 aliphatic heterocycles. The second-order valence-electron chi connectivity index (χ2n) is 5.22. The fourth-order valence-corrected chi connectivity index (χ4v) is 3.56. The van der Waals surface area contributed by atoms with Crippen molar-refractivity contribution < 1.29 is 0 Å². The number of nitrogens with zero attached hydrogens (tertiary/aromatic N) is 1. The predicted octanol–water partition coefficient (Wildman–Crippen LogP) is 1.62. The van der Waals surface area contributed by atoms with Gasteiger partial charge in [0.25, 0.3) is 0 Å². The fourth-order valence-electron chi connectivity index (χ4n) is 3.56. The number of nitrogens with one attached hydrogen (secondary N) is 1. The Morgan fingerprint density at radius 3 is 2.88 bits per heavy atom. The lowest BCUT2D eigenvalue weighted by Gasteiger charge is -2.42. The van der Waals surface area contributed by atoms with Gasteiger partial charge in [0.2, 0.25) is 0 Å². The molecule has 0 saturated carbocycles. The first-order chi connectivity index (χ1) is 7.83. The van der Waals surface area contributed by atoms with Crippen LogP contribution in [0.5, 0.6) is 0 Å². The van der Waals surface area contributed by atoms with Crippen LogP contribution >= 0.6 is 0 Å². The lowest BCUT2D eigenvalue weighted by Crippen LogP contribution is -2.53. The average molecular weight is 216 g/mol. The van der Waals surface area contributed by atoms with Gasteiger partial charge in [-0.2, -0.15) is 0 Å². The second kappa shape index (κ2) is 3.86. The van der Waals surface area contributed by atoms with E-state index in [9.17, 15) is 0 Å². The zero-order chi connectivity index (χ0) is 11.0. The molecule has 1 aromatic carbocycles. The Labute approximate surface area is 97.6 Å². The predicted molar refractivity (Wildman–Crippen MR) is 66.6 cm³/mol. The zero-order valence-electron chi connectivity index (χ0n) is 9.95. The molecule has 2 aliphatic rings. The Balaban J connectivity index is 2.01. The van der Waals surface area contributed by atoms with Crippen LogP contribution < -0.4 is 5.32 Å². The zero-order valence-corrected chi connectivity index (χ0v) is 9.95. The lowest BCUT2D eigenvalue weighted by molar-refractivity contribution is 0.196. The Morgan fingerprint density at radius 1 is 1.25 bits per heavy atom. The van der Waals surface area contributed by atoms with Crippen molar-refractivity contribution in [3.8, 4) is 0 Å². The van der Waals surface area contributed by atoms with E-state index in [1.165, 1.54) is 25.9 Å². The second-order valence-corrected chi connectivity index (χ2v) is 5.22. The summed E-state index contributed by atoms with van der Waals surface area (Å²) in [5, 5.41) is 3.54. The maximum absolute atomic E-state index is 3.54. The summed E-state index contributed by atoms with van der Waals surface area (Å²) in [6, 6.07) is 11.8. The molecule has 2 saturated heterocycles. The highest BCUT2D eigenvalue weighted by atomic mass is 15.2. The third kappa shape index (κ3) is 1.40. The number of hydrogen-bond acceptors (Lipinski definition) is 2.